The molecule has 3 aromatic rings. The monoisotopic (exact) mass is 411 g/mol. The predicted molar refractivity (Wildman–Crippen MR) is 108 cm³/mol. The van der Waals surface area contributed by atoms with Crippen LogP contribution < -0.4 is 0 Å². The van der Waals surface area contributed by atoms with Gasteiger partial charge in [-0.1, -0.05) is 53.6 Å². The number of halogens is 1. The molecule has 133 valence electrons. The molecule has 26 heavy (non-hydrogen) atoms. The normalized spacial score (nSPS) is 18.9. The molecule has 1 heterocycles. The van der Waals surface area contributed by atoms with Gasteiger partial charge in [0.25, 0.3) is 0 Å². The molecule has 0 atom stereocenters. The van der Waals surface area contributed by atoms with Gasteiger partial charge in [0.05, 0.1) is 5.56 Å². The zero-order chi connectivity index (χ0) is 18.9. The number of benzene rings is 3. The number of nitrogens with zero attached hydrogens (tertiary/aromatic N) is 2. The van der Waals surface area contributed by atoms with Crippen LogP contribution in [0.4, 0.5) is 0 Å². The largest absolute Gasteiger partial charge is 0.714 e. The zero-order valence-electron chi connectivity index (χ0n) is 15.2. The number of amidine groups is 1. The van der Waals surface area contributed by atoms with Crippen molar-refractivity contribution in [3.8, 4) is 0 Å². The van der Waals surface area contributed by atoms with Crippen molar-refractivity contribution in [3.63, 3.8) is 0 Å². The first-order valence-electron chi connectivity index (χ1n) is 8.60. The van der Waals surface area contributed by atoms with Gasteiger partial charge in [0.2, 0.25) is 0 Å². The Morgan fingerprint density at radius 2 is 1.31 bits per heavy atom. The van der Waals surface area contributed by atoms with Crippen molar-refractivity contribution in [1.82, 2.24) is 5.06 Å². The van der Waals surface area contributed by atoms with Crippen LogP contribution in [-0.2, 0) is 5.21 Å². The Morgan fingerprint density at radius 1 is 0.885 bits per heavy atom. The maximum atomic E-state index is 13.3. The Morgan fingerprint density at radius 3 is 1.69 bits per heavy atom. The molecule has 0 unspecified atom stereocenters. The number of hydrogen-bond acceptors (Lipinski definition) is 2. The van der Waals surface area contributed by atoms with E-state index in [1.54, 1.807) is 0 Å². The number of hydrogen-bond donors (Lipinski definition) is 0. The van der Waals surface area contributed by atoms with Crippen molar-refractivity contribution in [1.29, 1.82) is 0 Å². The van der Waals surface area contributed by atoms with Gasteiger partial charge >= 0.3 is 5.84 Å². The van der Waals surface area contributed by atoms with Crippen LogP contribution in [-0.4, -0.2) is 26.7 Å². The molecule has 0 saturated carbocycles. The van der Waals surface area contributed by atoms with E-state index < -0.39 is 11.1 Å². The second-order valence-electron chi connectivity index (χ2n) is 7.81. The number of fused-ring (bicyclic) bond motifs is 2. The van der Waals surface area contributed by atoms with Crippen LogP contribution in [0.25, 0.3) is 21.5 Å². The van der Waals surface area contributed by atoms with Crippen molar-refractivity contribution < 1.29 is 9.95 Å². The Kier molecular flexibility index (Phi) is 3.62. The quantitative estimate of drug-likeness (QED) is 0.312. The van der Waals surface area contributed by atoms with Crippen LogP contribution in [0.1, 0.15) is 33.3 Å². The van der Waals surface area contributed by atoms with Gasteiger partial charge in [-0.2, -0.15) is 0 Å². The summed E-state index contributed by atoms with van der Waals surface area (Å²) in [5.74, 6) is 0.180. The van der Waals surface area contributed by atoms with Crippen molar-refractivity contribution in [2.45, 2.75) is 38.8 Å². The van der Waals surface area contributed by atoms with Gasteiger partial charge in [-0.3, -0.25) is 4.74 Å². The average molecular weight is 412 g/mol. The Bertz CT molecular complexity index is 1030. The molecule has 1 aliphatic heterocycles. The van der Waals surface area contributed by atoms with Gasteiger partial charge in [0.15, 0.2) is 5.54 Å². The fourth-order valence-corrected chi connectivity index (χ4v) is 4.32. The third-order valence-corrected chi connectivity index (χ3v) is 6.84. The van der Waals surface area contributed by atoms with E-state index in [2.05, 4.69) is 15.9 Å². The summed E-state index contributed by atoms with van der Waals surface area (Å²) in [6.07, 6.45) is 0. The molecule has 0 bridgehead atoms. The van der Waals surface area contributed by atoms with E-state index in [-0.39, 0.29) is 5.84 Å². The van der Waals surface area contributed by atoms with E-state index in [0.717, 1.165) is 35.8 Å². The molecule has 1 radical (unpaired) electrons. The van der Waals surface area contributed by atoms with E-state index in [1.807, 2.05) is 76.2 Å². The average Bonchev–Trinajstić information content (AvgIpc) is 2.74. The van der Waals surface area contributed by atoms with Gasteiger partial charge in [-0.05, 0) is 65.2 Å². The first-order chi connectivity index (χ1) is 12.2. The minimum atomic E-state index is -0.848. The highest BCUT2D eigenvalue weighted by atomic mass is 79.9. The van der Waals surface area contributed by atoms with Gasteiger partial charge in [0, 0.05) is 9.68 Å². The molecule has 0 saturated heterocycles. The smallest absolute Gasteiger partial charge is 0.318 e. The lowest BCUT2D eigenvalue weighted by molar-refractivity contribution is -0.539. The SMILES string of the molecule is CC1(C)N([O])C(c2c3ccccc3c(Br)c3ccccc23)=[N+]([O-])C1(C)C. The highest BCUT2D eigenvalue weighted by molar-refractivity contribution is 9.10. The summed E-state index contributed by atoms with van der Waals surface area (Å²) in [6, 6.07) is 15.7. The maximum Gasteiger partial charge on any atom is 0.318 e. The molecule has 3 aromatic carbocycles. The summed E-state index contributed by atoms with van der Waals surface area (Å²) < 4.78 is 1.86. The zero-order valence-corrected chi connectivity index (χ0v) is 16.8. The van der Waals surface area contributed by atoms with E-state index in [4.69, 9.17) is 0 Å². The Balaban J connectivity index is 2.22. The summed E-state index contributed by atoms with van der Waals surface area (Å²) in [5, 5.41) is 31.1. The molecular formula is C21H20BrN2O2. The molecule has 4 nitrogen and oxygen atoms in total. The number of rotatable bonds is 1. The molecule has 0 amide bonds. The summed E-state index contributed by atoms with van der Waals surface area (Å²) in [5.41, 5.74) is -0.998. The molecular weight excluding hydrogens is 392 g/mol. The molecule has 0 aromatic heterocycles. The van der Waals surface area contributed by atoms with Crippen LogP contribution >= 0.6 is 15.9 Å². The van der Waals surface area contributed by atoms with Crippen molar-refractivity contribution in [3.05, 3.63) is 63.8 Å². The first kappa shape index (κ1) is 17.3. The summed E-state index contributed by atoms with van der Waals surface area (Å²) in [7, 11) is 0. The predicted octanol–water partition coefficient (Wildman–Crippen LogP) is 5.23. The molecule has 0 fully saturated rings. The third kappa shape index (κ3) is 2.01. The van der Waals surface area contributed by atoms with E-state index in [0.29, 0.717) is 5.56 Å². The molecule has 0 spiro atoms. The maximum absolute atomic E-state index is 13.3. The molecule has 1 aliphatic rings. The lowest BCUT2D eigenvalue weighted by atomic mass is 9.84. The van der Waals surface area contributed by atoms with Crippen LogP contribution in [0, 0.1) is 5.21 Å². The first-order valence-corrected chi connectivity index (χ1v) is 9.40. The minimum Gasteiger partial charge on any atom is -0.714 e. The van der Waals surface area contributed by atoms with Crippen molar-refractivity contribution in [2.75, 3.05) is 0 Å². The van der Waals surface area contributed by atoms with Gasteiger partial charge in [0.1, 0.15) is 5.54 Å². The van der Waals surface area contributed by atoms with Crippen LogP contribution in [0.2, 0.25) is 0 Å². The molecule has 5 heteroatoms. The number of hydroxylamine groups is 3. The summed E-state index contributed by atoms with van der Waals surface area (Å²) in [6.45, 7) is 7.28. The summed E-state index contributed by atoms with van der Waals surface area (Å²) >= 11 is 3.71. The van der Waals surface area contributed by atoms with Crippen LogP contribution in [0.3, 0.4) is 0 Å². The van der Waals surface area contributed by atoms with E-state index in [1.165, 1.54) is 0 Å². The highest BCUT2D eigenvalue weighted by Crippen LogP contribution is 2.42. The Labute approximate surface area is 161 Å². The van der Waals surface area contributed by atoms with E-state index >= 15 is 0 Å². The van der Waals surface area contributed by atoms with Crippen molar-refractivity contribution in [2.24, 2.45) is 0 Å². The molecule has 0 N–H and O–H groups in total. The minimum absolute atomic E-state index is 0.180. The second kappa shape index (κ2) is 5.44. The van der Waals surface area contributed by atoms with Gasteiger partial charge < -0.3 is 5.21 Å². The lowest BCUT2D eigenvalue weighted by Crippen LogP contribution is -2.53. The Hall–Kier alpha value is -2.11. The van der Waals surface area contributed by atoms with Gasteiger partial charge in [-0.15, -0.1) is 0 Å². The highest BCUT2D eigenvalue weighted by Gasteiger charge is 2.60. The fourth-order valence-electron chi connectivity index (χ4n) is 3.63. The van der Waals surface area contributed by atoms with Crippen LogP contribution in [0.5, 0.6) is 0 Å². The topological polar surface area (TPSA) is 49.2 Å². The van der Waals surface area contributed by atoms with Crippen LogP contribution in [0.15, 0.2) is 53.0 Å². The van der Waals surface area contributed by atoms with E-state index in [9.17, 15) is 10.4 Å². The fraction of sp³-hybridized carbons (Fsp3) is 0.286. The standard InChI is InChI=1S/C21H20BrN2O2/c1-20(2)21(3,4)24(26)19(23(20)25)17-13-9-5-7-11-15(13)18(22)16-12-8-6-10-14(16)17/h5-12H,1-4H3. The second-order valence-corrected chi connectivity index (χ2v) is 8.60. The summed E-state index contributed by atoms with van der Waals surface area (Å²) in [4.78, 5) is 0. The lowest BCUT2D eigenvalue weighted by Gasteiger charge is -2.32. The molecule has 4 rings (SSSR count). The van der Waals surface area contributed by atoms with Crippen molar-refractivity contribution >= 4 is 43.3 Å². The molecule has 0 aliphatic carbocycles. The third-order valence-electron chi connectivity index (χ3n) is 5.99. The van der Waals surface area contributed by atoms with Gasteiger partial charge in [-0.25, -0.2) is 0 Å².